The molecule has 0 bridgehead atoms. The number of benzene rings is 10. The maximum absolute atomic E-state index is 2.59. The van der Waals surface area contributed by atoms with E-state index < -0.39 is 0 Å². The van der Waals surface area contributed by atoms with Crippen molar-refractivity contribution < 1.29 is 0 Å². The summed E-state index contributed by atoms with van der Waals surface area (Å²) in [7, 11) is 0. The van der Waals surface area contributed by atoms with E-state index in [-0.39, 0.29) is 0 Å². The Morgan fingerprint density at radius 1 is 0.271 bits per heavy atom. The van der Waals surface area contributed by atoms with Gasteiger partial charge in [-0.1, -0.05) is 127 Å². The van der Waals surface area contributed by atoms with E-state index in [4.69, 9.17) is 0 Å². The largest absolute Gasteiger partial charge is 0.309 e. The molecule has 0 aliphatic carbocycles. The van der Waals surface area contributed by atoms with Gasteiger partial charge in [-0.15, -0.1) is 0 Å². The number of para-hydroxylation sites is 4. The fourth-order valence-electron chi connectivity index (χ4n) is 11.2. The summed E-state index contributed by atoms with van der Waals surface area (Å²) in [6.45, 7) is 0. The molecule has 59 heavy (non-hydrogen) atoms. The third-order valence-corrected chi connectivity index (χ3v) is 13.6. The quantitative estimate of drug-likeness (QED) is 0.167. The number of hydrogen-bond acceptors (Lipinski definition) is 0. The van der Waals surface area contributed by atoms with Gasteiger partial charge in [0.05, 0.1) is 44.1 Å². The minimum atomic E-state index is 1.17. The summed E-state index contributed by atoms with van der Waals surface area (Å²) in [5.74, 6) is 0. The molecule has 15 aromatic rings. The van der Waals surface area contributed by atoms with Gasteiger partial charge in [-0.2, -0.15) is 0 Å². The minimum absolute atomic E-state index is 1.17. The molecule has 0 aliphatic rings. The van der Waals surface area contributed by atoms with Crippen molar-refractivity contribution in [2.75, 3.05) is 0 Å². The van der Waals surface area contributed by atoms with Crippen LogP contribution >= 0.6 is 0 Å². The molecule has 270 valence electrons. The lowest BCUT2D eigenvalue weighted by Gasteiger charge is -2.09. The van der Waals surface area contributed by atoms with Gasteiger partial charge >= 0.3 is 0 Å². The number of fused-ring (bicyclic) bond motifs is 18. The predicted molar refractivity (Wildman–Crippen MR) is 251 cm³/mol. The second kappa shape index (κ2) is 10.5. The molecule has 3 heteroatoms. The zero-order valence-corrected chi connectivity index (χ0v) is 31.7. The molecule has 0 radical (unpaired) electrons. The van der Waals surface area contributed by atoms with Crippen LogP contribution in [0.25, 0.3) is 136 Å². The molecule has 10 aromatic carbocycles. The lowest BCUT2D eigenvalue weighted by atomic mass is 9.98. The van der Waals surface area contributed by atoms with Crippen molar-refractivity contribution in [2.24, 2.45) is 0 Å². The second-order valence-electron chi connectivity index (χ2n) is 16.5. The fourth-order valence-corrected chi connectivity index (χ4v) is 11.2. The van der Waals surface area contributed by atoms with Crippen LogP contribution in [0.1, 0.15) is 0 Å². The zero-order valence-electron chi connectivity index (χ0n) is 31.7. The highest BCUT2D eigenvalue weighted by molar-refractivity contribution is 6.34. The van der Waals surface area contributed by atoms with Crippen molar-refractivity contribution >= 4 is 120 Å². The number of aromatic nitrogens is 3. The van der Waals surface area contributed by atoms with Crippen molar-refractivity contribution in [1.29, 1.82) is 0 Å². The third kappa shape index (κ3) is 3.66. The Morgan fingerprint density at radius 3 is 1.71 bits per heavy atom. The first-order valence-electron chi connectivity index (χ1n) is 20.5. The standard InChI is InChI=1S/C56H31N3/c1-2-15-36(16-3-1)57-48-23-9-8-18-39(48)43-27-35(24-25-49(43)57)38-19-10-20-40-41-21-11-22-42-45-30-52-47(31-51(45)59(54(38)40)55(41)42)53-37-17-7-6-14-34(37)28-46-44-26-32-12-4-5-13-33(32)29-50(44)58(52)56(46)53/h1-31H. The van der Waals surface area contributed by atoms with Crippen LogP contribution in [0, 0.1) is 0 Å². The van der Waals surface area contributed by atoms with Crippen molar-refractivity contribution in [2.45, 2.75) is 0 Å². The predicted octanol–water partition coefficient (Wildman–Crippen LogP) is 15.1. The van der Waals surface area contributed by atoms with Crippen LogP contribution in [0.4, 0.5) is 0 Å². The summed E-state index contributed by atoms with van der Waals surface area (Å²) in [4.78, 5) is 0. The molecule has 0 N–H and O–H groups in total. The van der Waals surface area contributed by atoms with Gasteiger partial charge < -0.3 is 13.4 Å². The smallest absolute Gasteiger partial charge is 0.0627 e. The van der Waals surface area contributed by atoms with Crippen LogP contribution in [0.15, 0.2) is 188 Å². The molecule has 15 rings (SSSR count). The lowest BCUT2D eigenvalue weighted by molar-refractivity contribution is 1.18. The van der Waals surface area contributed by atoms with E-state index in [0.717, 1.165) is 0 Å². The van der Waals surface area contributed by atoms with Crippen molar-refractivity contribution in [3.63, 3.8) is 0 Å². The maximum Gasteiger partial charge on any atom is 0.0627 e. The summed E-state index contributed by atoms with van der Waals surface area (Å²) >= 11 is 0. The Kier molecular flexibility index (Phi) is 5.41. The van der Waals surface area contributed by atoms with Gasteiger partial charge in [0.1, 0.15) is 0 Å². The van der Waals surface area contributed by atoms with Crippen molar-refractivity contribution in [3.8, 4) is 16.8 Å². The van der Waals surface area contributed by atoms with E-state index in [9.17, 15) is 0 Å². The molecule has 0 aliphatic heterocycles. The van der Waals surface area contributed by atoms with Gasteiger partial charge in [-0.25, -0.2) is 0 Å². The summed E-state index contributed by atoms with van der Waals surface area (Å²) < 4.78 is 7.55. The van der Waals surface area contributed by atoms with E-state index >= 15 is 0 Å². The van der Waals surface area contributed by atoms with E-state index in [2.05, 4.69) is 201 Å². The van der Waals surface area contributed by atoms with E-state index in [1.165, 1.54) is 136 Å². The van der Waals surface area contributed by atoms with Crippen LogP contribution in [-0.2, 0) is 0 Å². The van der Waals surface area contributed by atoms with Gasteiger partial charge in [-0.3, -0.25) is 0 Å². The van der Waals surface area contributed by atoms with Gasteiger partial charge in [0.15, 0.2) is 0 Å². The summed E-state index contributed by atoms with van der Waals surface area (Å²) in [5.41, 5.74) is 13.7. The average Bonchev–Trinajstić information content (AvgIpc) is 4.08. The lowest BCUT2D eigenvalue weighted by Crippen LogP contribution is -1.93. The highest BCUT2D eigenvalue weighted by Gasteiger charge is 2.25. The fraction of sp³-hybridized carbons (Fsp3) is 0. The second-order valence-corrected chi connectivity index (χ2v) is 16.5. The van der Waals surface area contributed by atoms with Crippen LogP contribution in [0.3, 0.4) is 0 Å². The Hall–Kier alpha value is -7.88. The van der Waals surface area contributed by atoms with Crippen LogP contribution in [-0.4, -0.2) is 13.4 Å². The van der Waals surface area contributed by atoms with Crippen molar-refractivity contribution in [1.82, 2.24) is 13.4 Å². The van der Waals surface area contributed by atoms with E-state index in [1.54, 1.807) is 0 Å². The average molecular weight is 746 g/mol. The van der Waals surface area contributed by atoms with Gasteiger partial charge in [0.2, 0.25) is 0 Å². The Morgan fingerprint density at radius 2 is 0.847 bits per heavy atom. The summed E-state index contributed by atoms with van der Waals surface area (Å²) in [5, 5.41) is 18.1. The minimum Gasteiger partial charge on any atom is -0.309 e. The first-order chi connectivity index (χ1) is 29.3. The van der Waals surface area contributed by atoms with Crippen LogP contribution in [0.5, 0.6) is 0 Å². The Labute approximate surface area is 336 Å². The molecule has 0 amide bonds. The molecule has 0 fully saturated rings. The first-order valence-corrected chi connectivity index (χ1v) is 20.5. The highest BCUT2D eigenvalue weighted by atomic mass is 15.0. The van der Waals surface area contributed by atoms with Crippen LogP contribution in [0.2, 0.25) is 0 Å². The number of hydrogen-bond donors (Lipinski definition) is 0. The maximum atomic E-state index is 2.59. The normalized spacial score (nSPS) is 12.7. The van der Waals surface area contributed by atoms with E-state index in [1.807, 2.05) is 0 Å². The zero-order chi connectivity index (χ0) is 38.1. The molecule has 0 atom stereocenters. The monoisotopic (exact) mass is 745 g/mol. The van der Waals surface area contributed by atoms with Gasteiger partial charge in [-0.05, 0) is 87.8 Å². The molecule has 0 unspecified atom stereocenters. The summed E-state index contributed by atoms with van der Waals surface area (Å²) in [6, 6.07) is 70.3. The molecule has 0 saturated heterocycles. The molecule has 5 aromatic heterocycles. The SMILES string of the molecule is c1ccc(-n2c3ccccc3c3cc(-c4cccc5c6cccc7c8cc9c(cc8n(c45)c76)c4c5ccccc5cc5c6cc7ccccc7cc6n9c54)ccc32)cc1. The van der Waals surface area contributed by atoms with Crippen molar-refractivity contribution in [3.05, 3.63) is 188 Å². The van der Waals surface area contributed by atoms with E-state index in [0.29, 0.717) is 0 Å². The Balaban J connectivity index is 1.09. The molecule has 5 heterocycles. The number of rotatable bonds is 2. The van der Waals surface area contributed by atoms with Gasteiger partial charge in [0, 0.05) is 65.1 Å². The summed E-state index contributed by atoms with van der Waals surface area (Å²) in [6.07, 6.45) is 0. The Bertz CT molecular complexity index is 4290. The molecule has 0 saturated carbocycles. The first kappa shape index (κ1) is 30.3. The van der Waals surface area contributed by atoms with Gasteiger partial charge in [0.25, 0.3) is 0 Å². The topological polar surface area (TPSA) is 13.8 Å². The third-order valence-electron chi connectivity index (χ3n) is 13.6. The van der Waals surface area contributed by atoms with Crippen LogP contribution < -0.4 is 0 Å². The highest BCUT2D eigenvalue weighted by Crippen LogP contribution is 2.48. The molecule has 0 spiro atoms. The number of nitrogens with zero attached hydrogens (tertiary/aromatic N) is 3. The molecule has 3 nitrogen and oxygen atoms in total. The molecular weight excluding hydrogens is 715 g/mol. The molecular formula is C56H31N3.